The van der Waals surface area contributed by atoms with Gasteiger partial charge in [-0.15, -0.1) is 0 Å². The van der Waals surface area contributed by atoms with Gasteiger partial charge in [0.25, 0.3) is 0 Å². The Morgan fingerprint density at radius 2 is 0.938 bits per heavy atom. The molecule has 48 heavy (non-hydrogen) atoms. The van der Waals surface area contributed by atoms with Crippen molar-refractivity contribution in [2.45, 2.75) is 0 Å². The van der Waals surface area contributed by atoms with E-state index in [-0.39, 0.29) is 0 Å². The van der Waals surface area contributed by atoms with Crippen molar-refractivity contribution in [3.63, 3.8) is 0 Å². The number of rotatable bonds is 4. The van der Waals surface area contributed by atoms with Crippen LogP contribution >= 0.6 is 0 Å². The van der Waals surface area contributed by atoms with Crippen LogP contribution in [0.2, 0.25) is 0 Å². The highest BCUT2D eigenvalue weighted by molar-refractivity contribution is 6.15. The van der Waals surface area contributed by atoms with Crippen molar-refractivity contribution in [3.05, 3.63) is 169 Å². The third-order valence-electron chi connectivity index (χ3n) is 9.39. The summed E-state index contributed by atoms with van der Waals surface area (Å²) in [6, 6.07) is 59.0. The number of hydrogen-bond donors (Lipinski definition) is 0. The number of nitrogens with zero attached hydrogens (tertiary/aromatic N) is 4. The number of nitriles is 2. The fourth-order valence-electron chi connectivity index (χ4n) is 7.32. The maximum absolute atomic E-state index is 10.1. The molecule has 2 heterocycles. The molecule has 7 aromatic carbocycles. The molecular weight excluding hydrogens is 585 g/mol. The normalized spacial score (nSPS) is 11.3. The van der Waals surface area contributed by atoms with E-state index in [1.54, 1.807) is 0 Å². The largest absolute Gasteiger partial charge is 0.309 e. The van der Waals surface area contributed by atoms with Crippen molar-refractivity contribution in [2.75, 3.05) is 0 Å². The molecule has 0 aliphatic rings. The molecule has 9 rings (SSSR count). The molecule has 0 unspecified atom stereocenters. The average Bonchev–Trinajstić information content (AvgIpc) is 3.68. The number of hydrogen-bond acceptors (Lipinski definition) is 2. The minimum Gasteiger partial charge on any atom is -0.309 e. The first kappa shape index (κ1) is 27.4. The van der Waals surface area contributed by atoms with Crippen LogP contribution in [0.4, 0.5) is 0 Å². The monoisotopic (exact) mass is 610 g/mol. The van der Waals surface area contributed by atoms with Crippen LogP contribution in [0, 0.1) is 22.7 Å². The smallest absolute Gasteiger partial charge is 0.101 e. The number of fused-ring (bicyclic) bond motifs is 6. The molecule has 2 aromatic heterocycles. The van der Waals surface area contributed by atoms with E-state index >= 15 is 0 Å². The summed E-state index contributed by atoms with van der Waals surface area (Å²) in [4.78, 5) is 0. The molecule has 0 radical (unpaired) electrons. The molecule has 0 fully saturated rings. The van der Waals surface area contributed by atoms with Crippen LogP contribution < -0.4 is 0 Å². The fourth-order valence-corrected chi connectivity index (χ4v) is 7.32. The third-order valence-corrected chi connectivity index (χ3v) is 9.39. The second-order valence-electron chi connectivity index (χ2n) is 12.0. The SMILES string of the molecule is N#Cc1ccc(-n2c3ccccc3c3cccc(-c4cccc(-c5cccc6c7ccccc7n(-c7ccccc7C#N)c56)c4)c32)cc1. The summed E-state index contributed by atoms with van der Waals surface area (Å²) >= 11 is 0. The van der Waals surface area contributed by atoms with Crippen molar-refractivity contribution >= 4 is 43.6 Å². The molecule has 0 atom stereocenters. The van der Waals surface area contributed by atoms with E-state index in [9.17, 15) is 10.5 Å². The van der Waals surface area contributed by atoms with Gasteiger partial charge in [0.05, 0.1) is 45.0 Å². The van der Waals surface area contributed by atoms with Crippen LogP contribution in [0.3, 0.4) is 0 Å². The zero-order valence-corrected chi connectivity index (χ0v) is 25.8. The molecule has 0 spiro atoms. The van der Waals surface area contributed by atoms with Gasteiger partial charge in [-0.3, -0.25) is 0 Å². The van der Waals surface area contributed by atoms with Gasteiger partial charge in [-0.2, -0.15) is 10.5 Å². The molecule has 0 saturated heterocycles. The molecule has 222 valence electrons. The van der Waals surface area contributed by atoms with Gasteiger partial charge in [-0.25, -0.2) is 0 Å². The highest BCUT2D eigenvalue weighted by atomic mass is 15.0. The Kier molecular flexibility index (Phi) is 6.22. The van der Waals surface area contributed by atoms with E-state index in [1.807, 2.05) is 48.5 Å². The van der Waals surface area contributed by atoms with E-state index in [0.717, 1.165) is 66.5 Å². The lowest BCUT2D eigenvalue weighted by molar-refractivity contribution is 1.17. The maximum Gasteiger partial charge on any atom is 0.101 e. The third kappa shape index (κ3) is 4.07. The molecule has 9 aromatic rings. The Morgan fingerprint density at radius 3 is 1.56 bits per heavy atom. The van der Waals surface area contributed by atoms with Gasteiger partial charge in [0.2, 0.25) is 0 Å². The fraction of sp³-hybridized carbons (Fsp3) is 0. The lowest BCUT2D eigenvalue weighted by Crippen LogP contribution is -1.98. The Labute approximate surface area is 277 Å². The van der Waals surface area contributed by atoms with E-state index in [1.165, 1.54) is 10.8 Å². The average molecular weight is 611 g/mol. The summed E-state index contributed by atoms with van der Waals surface area (Å²) in [7, 11) is 0. The van der Waals surface area contributed by atoms with Crippen molar-refractivity contribution < 1.29 is 0 Å². The van der Waals surface area contributed by atoms with E-state index in [0.29, 0.717) is 11.1 Å². The van der Waals surface area contributed by atoms with Gasteiger partial charge in [-0.1, -0.05) is 103 Å². The van der Waals surface area contributed by atoms with E-state index < -0.39 is 0 Å². The predicted octanol–water partition coefficient (Wildman–Crippen LogP) is 11.0. The Hall–Kier alpha value is -6.88. The Morgan fingerprint density at radius 1 is 0.417 bits per heavy atom. The zero-order valence-electron chi connectivity index (χ0n) is 25.8. The summed E-state index contributed by atoms with van der Waals surface area (Å²) in [5, 5.41) is 24.2. The number of benzene rings is 7. The molecule has 4 heteroatoms. The van der Waals surface area contributed by atoms with Crippen molar-refractivity contribution in [2.24, 2.45) is 0 Å². The number of para-hydroxylation sites is 5. The molecule has 0 N–H and O–H groups in total. The topological polar surface area (TPSA) is 57.4 Å². The van der Waals surface area contributed by atoms with Crippen LogP contribution in [0.25, 0.3) is 77.2 Å². The first-order valence-electron chi connectivity index (χ1n) is 15.9. The van der Waals surface area contributed by atoms with Gasteiger partial charge in [0.15, 0.2) is 0 Å². The van der Waals surface area contributed by atoms with Crippen LogP contribution in [-0.4, -0.2) is 9.13 Å². The highest BCUT2D eigenvalue weighted by Crippen LogP contribution is 2.42. The second kappa shape index (κ2) is 10.9. The summed E-state index contributed by atoms with van der Waals surface area (Å²) in [6.45, 7) is 0. The van der Waals surface area contributed by atoms with Crippen molar-refractivity contribution in [1.29, 1.82) is 10.5 Å². The highest BCUT2D eigenvalue weighted by Gasteiger charge is 2.20. The first-order valence-corrected chi connectivity index (χ1v) is 15.9. The van der Waals surface area contributed by atoms with Crippen LogP contribution in [0.1, 0.15) is 11.1 Å². The second-order valence-corrected chi connectivity index (χ2v) is 12.0. The van der Waals surface area contributed by atoms with Gasteiger partial charge in [0, 0.05) is 38.4 Å². The number of aromatic nitrogens is 2. The summed E-state index contributed by atoms with van der Waals surface area (Å²) in [6.07, 6.45) is 0. The van der Waals surface area contributed by atoms with Crippen LogP contribution in [0.15, 0.2) is 158 Å². The first-order chi connectivity index (χ1) is 23.7. The van der Waals surface area contributed by atoms with Gasteiger partial charge in [-0.05, 0) is 65.7 Å². The maximum atomic E-state index is 10.1. The lowest BCUT2D eigenvalue weighted by Gasteiger charge is -2.15. The molecular formula is C44H26N4. The molecule has 0 aliphatic heterocycles. The summed E-state index contributed by atoms with van der Waals surface area (Å²) in [5.41, 5.74) is 11.9. The quantitative estimate of drug-likeness (QED) is 0.199. The minimum atomic E-state index is 0.631. The van der Waals surface area contributed by atoms with Gasteiger partial charge < -0.3 is 9.13 Å². The van der Waals surface area contributed by atoms with Gasteiger partial charge >= 0.3 is 0 Å². The zero-order chi connectivity index (χ0) is 32.2. The minimum absolute atomic E-state index is 0.631. The predicted molar refractivity (Wildman–Crippen MR) is 195 cm³/mol. The van der Waals surface area contributed by atoms with E-state index in [2.05, 4.69) is 130 Å². The summed E-state index contributed by atoms with van der Waals surface area (Å²) in [5.74, 6) is 0. The molecule has 4 nitrogen and oxygen atoms in total. The lowest BCUT2D eigenvalue weighted by atomic mass is 9.96. The standard InChI is InChI=1S/C44H26N4/c45-27-29-22-24-33(25-23-29)47-41-20-5-2-13-36(41)38-17-8-15-34(43(38)47)30-11-7-12-31(26-30)35-16-9-18-39-37-14-3-6-21-42(37)48(44(35)39)40-19-4-1-10-32(40)28-46/h1-26H. The van der Waals surface area contributed by atoms with Crippen molar-refractivity contribution in [1.82, 2.24) is 9.13 Å². The Bertz CT molecular complexity index is 2800. The van der Waals surface area contributed by atoms with Crippen LogP contribution in [-0.2, 0) is 0 Å². The Balaban J connectivity index is 1.32. The van der Waals surface area contributed by atoms with Gasteiger partial charge in [0.1, 0.15) is 6.07 Å². The molecule has 0 aliphatic carbocycles. The summed E-state index contributed by atoms with van der Waals surface area (Å²) < 4.78 is 4.56. The molecule has 0 bridgehead atoms. The van der Waals surface area contributed by atoms with Crippen molar-refractivity contribution in [3.8, 4) is 45.8 Å². The molecule has 0 saturated carbocycles. The van der Waals surface area contributed by atoms with E-state index in [4.69, 9.17) is 0 Å². The molecule has 0 amide bonds. The van der Waals surface area contributed by atoms with Crippen LogP contribution in [0.5, 0.6) is 0 Å².